The Hall–Kier alpha value is -1.10. The van der Waals surface area contributed by atoms with Gasteiger partial charge in [0.2, 0.25) is 0 Å². The number of ether oxygens (including phenoxy) is 1. The fourth-order valence-electron chi connectivity index (χ4n) is 2.09. The van der Waals surface area contributed by atoms with Crippen molar-refractivity contribution in [3.63, 3.8) is 0 Å². The lowest BCUT2D eigenvalue weighted by atomic mass is 10.1. The lowest BCUT2D eigenvalue weighted by Crippen LogP contribution is -2.42. The van der Waals surface area contributed by atoms with E-state index in [-0.39, 0.29) is 5.54 Å². The van der Waals surface area contributed by atoms with Crippen LogP contribution in [0.1, 0.15) is 19.4 Å². The van der Waals surface area contributed by atoms with E-state index in [0.717, 1.165) is 38.5 Å². The van der Waals surface area contributed by atoms with Crippen molar-refractivity contribution in [1.82, 2.24) is 10.2 Å². The first kappa shape index (κ1) is 14.3. The minimum absolute atomic E-state index is 0.292. The van der Waals surface area contributed by atoms with Crippen LogP contribution in [-0.4, -0.2) is 43.2 Å². The van der Waals surface area contributed by atoms with Crippen LogP contribution in [0.15, 0.2) is 24.3 Å². The van der Waals surface area contributed by atoms with Gasteiger partial charge in [0.15, 0.2) is 0 Å². The summed E-state index contributed by atoms with van der Waals surface area (Å²) < 4.78 is 5.67. The molecule has 0 unspecified atom stereocenters. The highest BCUT2D eigenvalue weighted by atomic mass is 16.5. The third kappa shape index (κ3) is 5.19. The van der Waals surface area contributed by atoms with Gasteiger partial charge in [0.05, 0.1) is 0 Å². The smallest absolute Gasteiger partial charge is 0.119 e. The number of nitrogens with two attached hydrogens (primary N) is 1. The summed E-state index contributed by atoms with van der Waals surface area (Å²) in [6, 6.07) is 8.34. The van der Waals surface area contributed by atoms with Gasteiger partial charge in [-0.3, -0.25) is 4.90 Å². The molecule has 0 spiro atoms. The maximum atomic E-state index is 5.90. The van der Waals surface area contributed by atoms with Crippen LogP contribution in [0.2, 0.25) is 0 Å². The summed E-state index contributed by atoms with van der Waals surface area (Å²) in [4.78, 5) is 2.47. The highest BCUT2D eigenvalue weighted by molar-refractivity contribution is 5.27. The third-order valence-electron chi connectivity index (χ3n) is 3.15. The average Bonchev–Trinajstić information content (AvgIpc) is 2.38. The Labute approximate surface area is 115 Å². The molecule has 1 aliphatic heterocycles. The van der Waals surface area contributed by atoms with E-state index in [1.54, 1.807) is 0 Å². The number of benzene rings is 1. The monoisotopic (exact) mass is 263 g/mol. The Morgan fingerprint density at radius 3 is 2.42 bits per heavy atom. The zero-order valence-corrected chi connectivity index (χ0v) is 12.0. The number of piperazine rings is 1. The zero-order chi connectivity index (χ0) is 13.7. The summed E-state index contributed by atoms with van der Waals surface area (Å²) >= 11 is 0. The van der Waals surface area contributed by atoms with Crippen LogP contribution in [0.4, 0.5) is 0 Å². The van der Waals surface area contributed by atoms with Gasteiger partial charge in [0, 0.05) is 38.3 Å². The Morgan fingerprint density at radius 2 is 1.84 bits per heavy atom. The van der Waals surface area contributed by atoms with Crippen molar-refractivity contribution in [3.05, 3.63) is 29.8 Å². The van der Waals surface area contributed by atoms with E-state index in [4.69, 9.17) is 10.5 Å². The lowest BCUT2D eigenvalue weighted by molar-refractivity contribution is 0.232. The molecule has 0 amide bonds. The molecule has 2 rings (SSSR count). The SMILES string of the molecule is CC(C)(N)COc1ccc(CN2CCNCC2)cc1. The van der Waals surface area contributed by atoms with Crippen LogP contribution in [0, 0.1) is 0 Å². The maximum absolute atomic E-state index is 5.90. The molecule has 1 fully saturated rings. The highest BCUT2D eigenvalue weighted by Crippen LogP contribution is 2.15. The van der Waals surface area contributed by atoms with Gasteiger partial charge >= 0.3 is 0 Å². The summed E-state index contributed by atoms with van der Waals surface area (Å²) in [7, 11) is 0. The summed E-state index contributed by atoms with van der Waals surface area (Å²) in [6.45, 7) is 9.91. The number of hydrogen-bond donors (Lipinski definition) is 2. The van der Waals surface area contributed by atoms with Crippen LogP contribution >= 0.6 is 0 Å². The summed E-state index contributed by atoms with van der Waals surface area (Å²) in [5, 5.41) is 3.37. The molecule has 0 atom stereocenters. The number of nitrogens with one attached hydrogen (secondary N) is 1. The highest BCUT2D eigenvalue weighted by Gasteiger charge is 2.12. The fraction of sp³-hybridized carbons (Fsp3) is 0.600. The number of rotatable bonds is 5. The summed E-state index contributed by atoms with van der Waals surface area (Å²) in [5.74, 6) is 0.891. The van der Waals surface area contributed by atoms with Gasteiger partial charge < -0.3 is 15.8 Å². The Balaban J connectivity index is 1.83. The van der Waals surface area contributed by atoms with E-state index in [0.29, 0.717) is 6.61 Å². The predicted octanol–water partition coefficient (Wildman–Crippen LogP) is 1.21. The van der Waals surface area contributed by atoms with Gasteiger partial charge in [0.25, 0.3) is 0 Å². The lowest BCUT2D eigenvalue weighted by Gasteiger charge is -2.27. The summed E-state index contributed by atoms with van der Waals surface area (Å²) in [5.41, 5.74) is 6.94. The molecule has 1 aliphatic rings. The molecule has 4 nitrogen and oxygen atoms in total. The van der Waals surface area contributed by atoms with Crippen LogP contribution in [0.25, 0.3) is 0 Å². The second-order valence-electron chi connectivity index (χ2n) is 5.95. The Morgan fingerprint density at radius 1 is 1.21 bits per heavy atom. The van der Waals surface area contributed by atoms with Gasteiger partial charge in [0.1, 0.15) is 12.4 Å². The molecule has 0 aromatic heterocycles. The van der Waals surface area contributed by atoms with Crippen molar-refractivity contribution in [1.29, 1.82) is 0 Å². The fourth-order valence-corrected chi connectivity index (χ4v) is 2.09. The molecule has 1 heterocycles. The normalized spacial score (nSPS) is 17.4. The van der Waals surface area contributed by atoms with Gasteiger partial charge in [-0.1, -0.05) is 12.1 Å². The van der Waals surface area contributed by atoms with E-state index in [1.807, 2.05) is 26.0 Å². The van der Waals surface area contributed by atoms with Crippen molar-refractivity contribution in [2.24, 2.45) is 5.73 Å². The van der Waals surface area contributed by atoms with Gasteiger partial charge in [-0.15, -0.1) is 0 Å². The first-order valence-corrected chi connectivity index (χ1v) is 6.97. The van der Waals surface area contributed by atoms with Crippen LogP contribution in [0.5, 0.6) is 5.75 Å². The first-order valence-electron chi connectivity index (χ1n) is 6.97. The van der Waals surface area contributed by atoms with E-state index < -0.39 is 0 Å². The van der Waals surface area contributed by atoms with Crippen molar-refractivity contribution < 1.29 is 4.74 Å². The predicted molar refractivity (Wildman–Crippen MR) is 78.4 cm³/mol. The Kier molecular flexibility index (Phi) is 4.80. The zero-order valence-electron chi connectivity index (χ0n) is 12.0. The molecule has 0 radical (unpaired) electrons. The maximum Gasteiger partial charge on any atom is 0.119 e. The first-order chi connectivity index (χ1) is 9.03. The van der Waals surface area contributed by atoms with Crippen LogP contribution in [0.3, 0.4) is 0 Å². The topological polar surface area (TPSA) is 50.5 Å². The molecule has 0 saturated carbocycles. The second-order valence-corrected chi connectivity index (χ2v) is 5.95. The van der Waals surface area contributed by atoms with Crippen molar-refractivity contribution in [2.75, 3.05) is 32.8 Å². The minimum Gasteiger partial charge on any atom is -0.492 e. The molecule has 0 aliphatic carbocycles. The molecule has 1 saturated heterocycles. The van der Waals surface area contributed by atoms with E-state index in [9.17, 15) is 0 Å². The largest absolute Gasteiger partial charge is 0.492 e. The van der Waals surface area contributed by atoms with Crippen molar-refractivity contribution in [2.45, 2.75) is 25.9 Å². The Bertz CT molecular complexity index is 377. The standard InChI is InChI=1S/C15H25N3O/c1-15(2,16)12-19-14-5-3-13(4-6-14)11-18-9-7-17-8-10-18/h3-6,17H,7-12,16H2,1-2H3. The average molecular weight is 263 g/mol. The van der Waals surface area contributed by atoms with Crippen molar-refractivity contribution >= 4 is 0 Å². The van der Waals surface area contributed by atoms with Gasteiger partial charge in [-0.25, -0.2) is 0 Å². The van der Waals surface area contributed by atoms with Crippen LogP contribution < -0.4 is 15.8 Å². The summed E-state index contributed by atoms with van der Waals surface area (Å²) in [6.07, 6.45) is 0. The molecule has 19 heavy (non-hydrogen) atoms. The van der Waals surface area contributed by atoms with Crippen LogP contribution in [-0.2, 0) is 6.54 Å². The molecule has 3 N–H and O–H groups in total. The quantitative estimate of drug-likeness (QED) is 0.838. The van der Waals surface area contributed by atoms with E-state index in [2.05, 4.69) is 22.3 Å². The van der Waals surface area contributed by atoms with Gasteiger partial charge in [-0.2, -0.15) is 0 Å². The molecule has 1 aromatic carbocycles. The van der Waals surface area contributed by atoms with Crippen molar-refractivity contribution in [3.8, 4) is 5.75 Å². The molecule has 0 bridgehead atoms. The van der Waals surface area contributed by atoms with E-state index >= 15 is 0 Å². The molecule has 4 heteroatoms. The van der Waals surface area contributed by atoms with E-state index in [1.165, 1.54) is 5.56 Å². The minimum atomic E-state index is -0.292. The molecule has 106 valence electrons. The molecular formula is C15H25N3O. The molecular weight excluding hydrogens is 238 g/mol. The molecule has 1 aromatic rings. The third-order valence-corrected chi connectivity index (χ3v) is 3.15. The second kappa shape index (κ2) is 6.37. The van der Waals surface area contributed by atoms with Gasteiger partial charge in [-0.05, 0) is 31.5 Å². The number of hydrogen-bond acceptors (Lipinski definition) is 4. The number of nitrogens with zero attached hydrogens (tertiary/aromatic N) is 1.